The van der Waals surface area contributed by atoms with E-state index in [9.17, 15) is 4.79 Å². The van der Waals surface area contributed by atoms with Gasteiger partial charge in [-0.2, -0.15) is 5.10 Å². The number of esters is 1. The molecule has 4 aromatic carbocycles. The fourth-order valence-corrected chi connectivity index (χ4v) is 7.19. The maximum absolute atomic E-state index is 13.1. The van der Waals surface area contributed by atoms with Crippen molar-refractivity contribution in [3.05, 3.63) is 166 Å². The maximum Gasteiger partial charge on any atom is 0.323 e. The summed E-state index contributed by atoms with van der Waals surface area (Å²) in [5.41, 5.74) is 9.63. The van der Waals surface area contributed by atoms with Gasteiger partial charge < -0.3 is 14.0 Å². The number of rotatable bonds is 11. The van der Waals surface area contributed by atoms with Crippen LogP contribution in [0, 0.1) is 0 Å². The van der Waals surface area contributed by atoms with Crippen LogP contribution in [0.4, 0.5) is 0 Å². The van der Waals surface area contributed by atoms with Crippen molar-refractivity contribution in [3.63, 3.8) is 0 Å². The third-order valence-corrected chi connectivity index (χ3v) is 9.95. The number of aromatic nitrogens is 4. The number of carbonyl (C=O) groups is 1. The molecule has 0 fully saturated rings. The molecule has 2 atom stereocenters. The van der Waals surface area contributed by atoms with Crippen molar-refractivity contribution in [3.8, 4) is 11.5 Å². The van der Waals surface area contributed by atoms with Gasteiger partial charge in [-0.15, -0.1) is 0 Å². The first kappa shape index (κ1) is 32.5. The van der Waals surface area contributed by atoms with Gasteiger partial charge in [0.1, 0.15) is 30.7 Å². The van der Waals surface area contributed by atoms with Crippen molar-refractivity contribution in [2.24, 2.45) is 0 Å². The topological polar surface area (TPSA) is 94.1 Å². The average Bonchev–Trinajstić information content (AvgIpc) is 3.77. The van der Waals surface area contributed by atoms with Crippen LogP contribution in [0.1, 0.15) is 59.3 Å². The van der Waals surface area contributed by atoms with Gasteiger partial charge >= 0.3 is 5.97 Å². The largest absolute Gasteiger partial charge is 0.489 e. The molecule has 256 valence electrons. The van der Waals surface area contributed by atoms with Crippen molar-refractivity contribution in [1.82, 2.24) is 25.1 Å². The molecule has 2 N–H and O–H groups in total. The lowest BCUT2D eigenvalue weighted by Crippen LogP contribution is -2.43. The standard InChI is InChI=1S/C43H41N5O3/c1-2-32-22-34(50-27-30-14-8-4-9-15-30)19-21-35(32)33-18-20-36-37(23-33)46-47-41(36)42-45-38-24-39(43(49)51-28-31-16-10-5-11-17-31)44-25-40(38)48(42)26-29-12-6-3-7-13-29/h3-20,22-23,35,39,44H,2,21,24-28H2,1H3,(H,46,47)/t35?,39-/m0/s1. The van der Waals surface area contributed by atoms with E-state index in [4.69, 9.17) is 19.6 Å². The van der Waals surface area contributed by atoms with Crippen LogP contribution in [0.3, 0.4) is 0 Å². The first-order valence-corrected chi connectivity index (χ1v) is 17.7. The third kappa shape index (κ3) is 7.00. The molecule has 2 aromatic heterocycles. The van der Waals surface area contributed by atoms with E-state index >= 15 is 0 Å². The molecule has 51 heavy (non-hydrogen) atoms. The Morgan fingerprint density at radius 2 is 1.59 bits per heavy atom. The quantitative estimate of drug-likeness (QED) is 0.135. The van der Waals surface area contributed by atoms with Gasteiger partial charge in [0.05, 0.1) is 16.9 Å². The van der Waals surface area contributed by atoms with E-state index in [2.05, 4.69) is 88.7 Å². The molecule has 8 rings (SSSR count). The molecule has 0 saturated heterocycles. The zero-order chi connectivity index (χ0) is 34.6. The molecular formula is C43H41N5O3. The highest BCUT2D eigenvalue weighted by molar-refractivity contribution is 5.92. The minimum absolute atomic E-state index is 0.246. The van der Waals surface area contributed by atoms with Gasteiger partial charge in [-0.3, -0.25) is 15.2 Å². The highest BCUT2D eigenvalue weighted by atomic mass is 16.5. The van der Waals surface area contributed by atoms with Crippen LogP contribution in [0.2, 0.25) is 0 Å². The lowest BCUT2D eigenvalue weighted by atomic mass is 9.83. The Bertz CT molecular complexity index is 2200. The maximum atomic E-state index is 13.1. The first-order chi connectivity index (χ1) is 25.1. The van der Waals surface area contributed by atoms with E-state index in [1.807, 2.05) is 54.6 Å². The summed E-state index contributed by atoms with van der Waals surface area (Å²) in [7, 11) is 0. The summed E-state index contributed by atoms with van der Waals surface area (Å²) < 4.78 is 14.1. The van der Waals surface area contributed by atoms with Gasteiger partial charge in [0, 0.05) is 30.8 Å². The third-order valence-electron chi connectivity index (χ3n) is 9.95. The number of hydrogen-bond donors (Lipinski definition) is 2. The number of hydrogen-bond acceptors (Lipinski definition) is 6. The van der Waals surface area contributed by atoms with Gasteiger partial charge in [0.25, 0.3) is 0 Å². The summed E-state index contributed by atoms with van der Waals surface area (Å²) in [5, 5.41) is 12.6. The molecule has 0 saturated carbocycles. The molecule has 8 heteroatoms. The molecule has 6 aromatic rings. The zero-order valence-electron chi connectivity index (χ0n) is 28.7. The highest BCUT2D eigenvalue weighted by Crippen LogP contribution is 2.38. The number of ether oxygens (including phenoxy) is 2. The Kier molecular flexibility index (Phi) is 9.32. The average molecular weight is 676 g/mol. The predicted molar refractivity (Wildman–Crippen MR) is 198 cm³/mol. The predicted octanol–water partition coefficient (Wildman–Crippen LogP) is 8.16. The monoisotopic (exact) mass is 675 g/mol. The highest BCUT2D eigenvalue weighted by Gasteiger charge is 2.32. The number of aromatic amines is 1. The molecule has 0 amide bonds. The second kappa shape index (κ2) is 14.6. The lowest BCUT2D eigenvalue weighted by molar-refractivity contribution is -0.147. The zero-order valence-corrected chi connectivity index (χ0v) is 28.7. The Labute approximate surface area is 297 Å². The van der Waals surface area contributed by atoms with Crippen molar-refractivity contribution < 1.29 is 14.3 Å². The number of carbonyl (C=O) groups excluding carboxylic acids is 1. The Balaban J connectivity index is 1.05. The fourth-order valence-electron chi connectivity index (χ4n) is 7.19. The van der Waals surface area contributed by atoms with Crippen LogP contribution in [0.15, 0.2) is 133 Å². The van der Waals surface area contributed by atoms with Crippen LogP contribution in [0.25, 0.3) is 22.4 Å². The van der Waals surface area contributed by atoms with Crippen LogP contribution in [0.5, 0.6) is 0 Å². The summed E-state index contributed by atoms with van der Waals surface area (Å²) in [6, 6.07) is 36.6. The number of imidazole rings is 1. The molecule has 1 unspecified atom stereocenters. The SMILES string of the molecule is CCC1=CC(OCc2ccccc2)=CCC1c1ccc2c(-c3nc4c(n3Cc3ccccc3)CN[C@H](C(=O)OCc3ccccc3)C4)n[nH]c2c1. The molecule has 0 radical (unpaired) electrons. The molecule has 0 bridgehead atoms. The van der Waals surface area contributed by atoms with Crippen molar-refractivity contribution >= 4 is 16.9 Å². The minimum Gasteiger partial charge on any atom is -0.489 e. The van der Waals surface area contributed by atoms with Gasteiger partial charge in [-0.25, -0.2) is 4.98 Å². The van der Waals surface area contributed by atoms with Crippen molar-refractivity contribution in [2.75, 3.05) is 0 Å². The molecule has 8 nitrogen and oxygen atoms in total. The van der Waals surface area contributed by atoms with Crippen LogP contribution in [-0.2, 0) is 47.0 Å². The molecule has 1 aliphatic heterocycles. The Hall–Kier alpha value is -5.73. The normalized spacial score (nSPS) is 17.0. The molecule has 1 aliphatic carbocycles. The van der Waals surface area contributed by atoms with Gasteiger partial charge in [-0.1, -0.05) is 116 Å². The lowest BCUT2D eigenvalue weighted by Gasteiger charge is -2.24. The van der Waals surface area contributed by atoms with Crippen LogP contribution in [-0.4, -0.2) is 31.8 Å². The number of allylic oxidation sites excluding steroid dienone is 3. The van der Waals surface area contributed by atoms with Crippen LogP contribution < -0.4 is 5.32 Å². The van der Waals surface area contributed by atoms with E-state index in [1.54, 1.807) is 0 Å². The van der Waals surface area contributed by atoms with E-state index in [0.717, 1.165) is 63.5 Å². The molecule has 3 heterocycles. The number of benzene rings is 4. The number of H-pyrrole nitrogens is 1. The molecule has 0 spiro atoms. The van der Waals surface area contributed by atoms with Crippen LogP contribution >= 0.6 is 0 Å². The number of fused-ring (bicyclic) bond motifs is 2. The number of nitrogens with zero attached hydrogens (tertiary/aromatic N) is 3. The first-order valence-electron chi connectivity index (χ1n) is 17.7. The van der Waals surface area contributed by atoms with Gasteiger partial charge in [0.15, 0.2) is 5.82 Å². The van der Waals surface area contributed by atoms with Crippen molar-refractivity contribution in [2.45, 2.75) is 64.4 Å². The number of nitrogens with one attached hydrogen (secondary N) is 2. The van der Waals surface area contributed by atoms with Gasteiger partial charge in [-0.05, 0) is 53.3 Å². The van der Waals surface area contributed by atoms with E-state index in [-0.39, 0.29) is 18.5 Å². The van der Waals surface area contributed by atoms with Crippen molar-refractivity contribution in [1.29, 1.82) is 0 Å². The van der Waals surface area contributed by atoms with E-state index in [1.165, 1.54) is 16.7 Å². The Morgan fingerprint density at radius 3 is 2.31 bits per heavy atom. The van der Waals surface area contributed by atoms with E-state index < -0.39 is 6.04 Å². The second-order valence-corrected chi connectivity index (χ2v) is 13.3. The van der Waals surface area contributed by atoms with E-state index in [0.29, 0.717) is 26.1 Å². The summed E-state index contributed by atoms with van der Waals surface area (Å²) >= 11 is 0. The summed E-state index contributed by atoms with van der Waals surface area (Å²) in [5.74, 6) is 1.73. The fraction of sp³-hybridized carbons (Fsp3) is 0.233. The smallest absolute Gasteiger partial charge is 0.323 e. The van der Waals surface area contributed by atoms with Gasteiger partial charge in [0.2, 0.25) is 0 Å². The second-order valence-electron chi connectivity index (χ2n) is 13.3. The minimum atomic E-state index is -0.470. The summed E-state index contributed by atoms with van der Waals surface area (Å²) in [4.78, 5) is 18.3. The Morgan fingerprint density at radius 1 is 0.882 bits per heavy atom. The molecular weight excluding hydrogens is 635 g/mol. The summed E-state index contributed by atoms with van der Waals surface area (Å²) in [6.07, 6.45) is 6.69. The molecule has 2 aliphatic rings. The summed E-state index contributed by atoms with van der Waals surface area (Å²) in [6.45, 7) is 4.17.